The van der Waals surface area contributed by atoms with Crippen molar-refractivity contribution in [3.63, 3.8) is 0 Å². The van der Waals surface area contributed by atoms with Gasteiger partial charge < -0.3 is 28.4 Å². The van der Waals surface area contributed by atoms with Gasteiger partial charge in [0.25, 0.3) is 0 Å². The maximum absolute atomic E-state index is 6.16. The van der Waals surface area contributed by atoms with Crippen molar-refractivity contribution in [1.29, 1.82) is 0 Å². The van der Waals surface area contributed by atoms with Crippen molar-refractivity contribution in [3.8, 4) is 51.7 Å². The molecule has 0 N–H and O–H groups in total. The molecule has 0 aromatic heterocycles. The second-order valence-corrected chi connectivity index (χ2v) is 6.95. The van der Waals surface area contributed by atoms with E-state index in [9.17, 15) is 0 Å². The van der Waals surface area contributed by atoms with E-state index in [1.54, 1.807) is 45.6 Å². The molecule has 6 heteroatoms. The average molecular weight is 444 g/mol. The van der Waals surface area contributed by atoms with Crippen molar-refractivity contribution in [2.45, 2.75) is 0 Å². The van der Waals surface area contributed by atoms with Gasteiger partial charge in [-0.2, -0.15) is 0 Å². The lowest BCUT2D eigenvalue weighted by Crippen LogP contribution is -1.93. The molecule has 0 amide bonds. The van der Waals surface area contributed by atoms with Gasteiger partial charge >= 0.3 is 0 Å². The molecule has 0 saturated heterocycles. The third-order valence-corrected chi connectivity index (χ3v) is 4.73. The van der Waals surface area contributed by atoms with Crippen LogP contribution in [0.15, 0.2) is 91.0 Å². The molecular formula is C27H24O6. The van der Waals surface area contributed by atoms with Gasteiger partial charge in [0.1, 0.15) is 40.2 Å². The summed E-state index contributed by atoms with van der Waals surface area (Å²) >= 11 is 0. The van der Waals surface area contributed by atoms with Gasteiger partial charge in [0, 0.05) is 24.3 Å². The molecule has 6 nitrogen and oxygen atoms in total. The highest BCUT2D eigenvalue weighted by Gasteiger charge is 2.12. The van der Waals surface area contributed by atoms with Crippen LogP contribution >= 0.6 is 0 Å². The predicted octanol–water partition coefficient (Wildman–Crippen LogP) is 7.09. The molecule has 0 aliphatic carbocycles. The highest BCUT2D eigenvalue weighted by molar-refractivity contribution is 5.51. The number of benzene rings is 4. The van der Waals surface area contributed by atoms with Crippen LogP contribution in [0.3, 0.4) is 0 Å². The molecule has 0 spiro atoms. The zero-order valence-corrected chi connectivity index (χ0v) is 18.6. The fraction of sp³-hybridized carbons (Fsp3) is 0.111. The van der Waals surface area contributed by atoms with Gasteiger partial charge in [0.2, 0.25) is 0 Å². The van der Waals surface area contributed by atoms with Gasteiger partial charge in [-0.3, -0.25) is 0 Å². The molecule has 0 unspecified atom stereocenters. The topological polar surface area (TPSA) is 55.4 Å². The lowest BCUT2D eigenvalue weighted by atomic mass is 10.2. The number of hydrogen-bond donors (Lipinski definition) is 0. The van der Waals surface area contributed by atoms with Crippen LogP contribution in [0.1, 0.15) is 0 Å². The second-order valence-electron chi connectivity index (χ2n) is 6.95. The summed E-state index contributed by atoms with van der Waals surface area (Å²) in [4.78, 5) is 0. The van der Waals surface area contributed by atoms with E-state index in [4.69, 9.17) is 28.4 Å². The van der Waals surface area contributed by atoms with Crippen LogP contribution < -0.4 is 28.4 Å². The normalized spacial score (nSPS) is 10.3. The molecule has 0 aliphatic rings. The summed E-state index contributed by atoms with van der Waals surface area (Å²) in [6.07, 6.45) is 0. The molecule has 33 heavy (non-hydrogen) atoms. The summed E-state index contributed by atoms with van der Waals surface area (Å²) in [7, 11) is 4.84. The lowest BCUT2D eigenvalue weighted by Gasteiger charge is -2.15. The van der Waals surface area contributed by atoms with Crippen LogP contribution in [0.4, 0.5) is 0 Å². The minimum Gasteiger partial charge on any atom is -0.497 e. The Morgan fingerprint density at radius 1 is 0.364 bits per heavy atom. The van der Waals surface area contributed by atoms with Crippen molar-refractivity contribution in [1.82, 2.24) is 0 Å². The van der Waals surface area contributed by atoms with E-state index in [1.165, 1.54) is 0 Å². The maximum atomic E-state index is 6.16. The molecule has 0 radical (unpaired) electrons. The largest absolute Gasteiger partial charge is 0.497 e. The van der Waals surface area contributed by atoms with E-state index >= 15 is 0 Å². The van der Waals surface area contributed by atoms with Crippen LogP contribution in [0.5, 0.6) is 51.7 Å². The Morgan fingerprint density at radius 3 is 1.24 bits per heavy atom. The van der Waals surface area contributed by atoms with Crippen LogP contribution in [-0.2, 0) is 0 Å². The van der Waals surface area contributed by atoms with Crippen molar-refractivity contribution in [2.75, 3.05) is 21.3 Å². The van der Waals surface area contributed by atoms with Crippen molar-refractivity contribution in [2.24, 2.45) is 0 Å². The number of rotatable bonds is 9. The first-order valence-electron chi connectivity index (χ1n) is 10.3. The van der Waals surface area contributed by atoms with Gasteiger partial charge in [-0.15, -0.1) is 0 Å². The van der Waals surface area contributed by atoms with Crippen molar-refractivity contribution in [3.05, 3.63) is 91.0 Å². The van der Waals surface area contributed by atoms with Crippen molar-refractivity contribution >= 4 is 0 Å². The molecule has 0 heterocycles. The quantitative estimate of drug-likeness (QED) is 0.275. The SMILES string of the molecule is COc1cccc(Oc2ccc(Oc3cccc(OC)c3)c(Oc3cccc(OC)c3)c2)c1. The summed E-state index contributed by atoms with van der Waals surface area (Å²) in [6.45, 7) is 0. The smallest absolute Gasteiger partial charge is 0.173 e. The molecule has 4 aromatic carbocycles. The van der Waals surface area contributed by atoms with E-state index in [0.717, 1.165) is 0 Å². The summed E-state index contributed by atoms with van der Waals surface area (Å²) < 4.78 is 34.2. The maximum Gasteiger partial charge on any atom is 0.173 e. The Labute approximate surface area is 192 Å². The number of methoxy groups -OCH3 is 3. The highest BCUT2D eigenvalue weighted by atomic mass is 16.5. The molecule has 0 atom stereocenters. The molecular weight excluding hydrogens is 420 g/mol. The molecule has 0 saturated carbocycles. The predicted molar refractivity (Wildman–Crippen MR) is 126 cm³/mol. The molecule has 4 aromatic rings. The van der Waals surface area contributed by atoms with Gasteiger partial charge in [-0.1, -0.05) is 18.2 Å². The third-order valence-electron chi connectivity index (χ3n) is 4.73. The fourth-order valence-electron chi connectivity index (χ4n) is 3.10. The van der Waals surface area contributed by atoms with E-state index < -0.39 is 0 Å². The average Bonchev–Trinajstić information content (AvgIpc) is 2.86. The summed E-state index contributed by atoms with van der Waals surface area (Å²) in [6, 6.07) is 27.5. The summed E-state index contributed by atoms with van der Waals surface area (Å²) in [5.41, 5.74) is 0. The minimum absolute atomic E-state index is 0.478. The van der Waals surface area contributed by atoms with E-state index in [1.807, 2.05) is 66.7 Å². The van der Waals surface area contributed by atoms with Crippen LogP contribution in [0, 0.1) is 0 Å². The first kappa shape index (κ1) is 21.9. The van der Waals surface area contributed by atoms with E-state index in [-0.39, 0.29) is 0 Å². The second kappa shape index (κ2) is 10.3. The van der Waals surface area contributed by atoms with Gasteiger partial charge in [-0.05, 0) is 48.5 Å². The lowest BCUT2D eigenvalue weighted by molar-refractivity contribution is 0.393. The number of ether oxygens (including phenoxy) is 6. The first-order chi connectivity index (χ1) is 16.2. The Morgan fingerprint density at radius 2 is 0.758 bits per heavy atom. The fourth-order valence-corrected chi connectivity index (χ4v) is 3.10. The highest BCUT2D eigenvalue weighted by Crippen LogP contribution is 2.40. The van der Waals surface area contributed by atoms with Gasteiger partial charge in [0.05, 0.1) is 21.3 Å². The molecule has 4 rings (SSSR count). The Bertz CT molecular complexity index is 1220. The van der Waals surface area contributed by atoms with Crippen LogP contribution in [-0.4, -0.2) is 21.3 Å². The third kappa shape index (κ3) is 5.68. The number of hydrogen-bond acceptors (Lipinski definition) is 6. The van der Waals surface area contributed by atoms with Crippen LogP contribution in [0.25, 0.3) is 0 Å². The summed E-state index contributed by atoms with van der Waals surface area (Å²) in [5.74, 6) is 5.53. The standard InChI is InChI=1S/C27H24O6/c1-28-19-7-4-10-22(15-19)31-25-13-14-26(32-23-11-5-8-20(16-23)29-2)27(18-25)33-24-12-6-9-21(17-24)30-3/h4-18H,1-3H3. The molecule has 0 fully saturated rings. The Balaban J connectivity index is 1.66. The Hall–Kier alpha value is -4.32. The monoisotopic (exact) mass is 444 g/mol. The molecule has 168 valence electrons. The Kier molecular flexibility index (Phi) is 6.85. The minimum atomic E-state index is 0.478. The molecule has 0 bridgehead atoms. The van der Waals surface area contributed by atoms with Crippen molar-refractivity contribution < 1.29 is 28.4 Å². The van der Waals surface area contributed by atoms with E-state index in [0.29, 0.717) is 51.7 Å². The zero-order valence-electron chi connectivity index (χ0n) is 18.6. The van der Waals surface area contributed by atoms with E-state index in [2.05, 4.69) is 0 Å². The van der Waals surface area contributed by atoms with Gasteiger partial charge in [-0.25, -0.2) is 0 Å². The summed E-state index contributed by atoms with van der Waals surface area (Å²) in [5, 5.41) is 0. The zero-order chi connectivity index (χ0) is 23.0. The van der Waals surface area contributed by atoms with Gasteiger partial charge in [0.15, 0.2) is 11.5 Å². The molecule has 0 aliphatic heterocycles. The first-order valence-corrected chi connectivity index (χ1v) is 10.3. The van der Waals surface area contributed by atoms with Crippen LogP contribution in [0.2, 0.25) is 0 Å².